The van der Waals surface area contributed by atoms with Gasteiger partial charge in [-0.25, -0.2) is 4.99 Å². The van der Waals surface area contributed by atoms with Crippen LogP contribution in [0.3, 0.4) is 0 Å². The number of nitrogens with zero attached hydrogens (tertiary/aromatic N) is 1. The van der Waals surface area contributed by atoms with E-state index in [2.05, 4.69) is 10.3 Å². The summed E-state index contributed by atoms with van der Waals surface area (Å²) in [5.74, 6) is 0.628. The van der Waals surface area contributed by atoms with Crippen LogP contribution in [0.25, 0.3) is 6.08 Å². The molecule has 0 aliphatic carbocycles. The van der Waals surface area contributed by atoms with Crippen molar-refractivity contribution in [1.82, 2.24) is 5.32 Å². The fourth-order valence-electron chi connectivity index (χ4n) is 3.10. The van der Waals surface area contributed by atoms with Gasteiger partial charge >= 0.3 is 0 Å². The summed E-state index contributed by atoms with van der Waals surface area (Å²) in [5.41, 5.74) is 3.25. The summed E-state index contributed by atoms with van der Waals surface area (Å²) < 4.78 is 11.4. The number of aliphatic imine (C=N–C) groups is 1. The van der Waals surface area contributed by atoms with Gasteiger partial charge in [0.25, 0.3) is 5.91 Å². The van der Waals surface area contributed by atoms with Crippen molar-refractivity contribution in [2.24, 2.45) is 4.99 Å². The van der Waals surface area contributed by atoms with Crippen LogP contribution in [-0.2, 0) is 11.4 Å². The topological polar surface area (TPSA) is 59.9 Å². The molecule has 1 amide bonds. The van der Waals surface area contributed by atoms with Gasteiger partial charge in [0.05, 0.1) is 22.7 Å². The molecule has 0 atom stereocenters. The maximum atomic E-state index is 12.5. The number of benzene rings is 3. The lowest BCUT2D eigenvalue weighted by Gasteiger charge is -2.13. The number of carbonyl (C=O) groups is 1. The molecule has 174 valence electrons. The zero-order valence-electron chi connectivity index (χ0n) is 18.2. The lowest BCUT2D eigenvalue weighted by atomic mass is 10.1. The molecule has 5 nitrogen and oxygen atoms in total. The van der Waals surface area contributed by atoms with Gasteiger partial charge in [-0.15, -0.1) is 0 Å². The Morgan fingerprint density at radius 1 is 1.03 bits per heavy atom. The molecule has 0 saturated carbocycles. The van der Waals surface area contributed by atoms with Crippen molar-refractivity contribution < 1.29 is 14.3 Å². The Hall–Kier alpha value is -2.64. The molecule has 0 radical (unpaired) electrons. The molecule has 1 aliphatic heterocycles. The standard InChI is InChI=1S/C25H19Cl3N2O3S/c1-14-3-8-18(12-19(14)27)29-25-30-24(31)22(34-25)11-16-9-20(28)23(21(10-16)32-2)33-13-15-4-6-17(26)7-5-15/h3-12H,13H2,1-2H3,(H,29,30,31)/b22-11-. The number of thioether (sulfide) groups is 1. The molecule has 1 fully saturated rings. The number of rotatable bonds is 6. The van der Waals surface area contributed by atoms with E-state index >= 15 is 0 Å². The van der Waals surface area contributed by atoms with E-state index in [-0.39, 0.29) is 5.91 Å². The van der Waals surface area contributed by atoms with Crippen molar-refractivity contribution in [1.29, 1.82) is 0 Å². The first-order valence-corrected chi connectivity index (χ1v) is 12.1. The van der Waals surface area contributed by atoms with Gasteiger partial charge in [-0.1, -0.05) is 53.0 Å². The second-order valence-corrected chi connectivity index (χ2v) is 9.65. The number of nitrogens with one attached hydrogen (secondary N) is 1. The SMILES string of the molecule is COc1cc(/C=C2\SC(=Nc3ccc(C)c(Cl)c3)NC2=O)cc(Cl)c1OCc1ccc(Cl)cc1. The molecule has 0 unspecified atom stereocenters. The highest BCUT2D eigenvalue weighted by atomic mass is 35.5. The average Bonchev–Trinajstić information content (AvgIpc) is 3.14. The van der Waals surface area contributed by atoms with E-state index in [1.807, 2.05) is 31.2 Å². The maximum absolute atomic E-state index is 12.5. The number of amidine groups is 1. The number of methoxy groups -OCH3 is 1. The number of hydrogen-bond donors (Lipinski definition) is 1. The maximum Gasteiger partial charge on any atom is 0.264 e. The van der Waals surface area contributed by atoms with Gasteiger partial charge in [-0.05, 0) is 77.9 Å². The lowest BCUT2D eigenvalue weighted by molar-refractivity contribution is -0.115. The van der Waals surface area contributed by atoms with Crippen molar-refractivity contribution in [2.75, 3.05) is 7.11 Å². The summed E-state index contributed by atoms with van der Waals surface area (Å²) in [7, 11) is 1.53. The molecule has 9 heteroatoms. The molecule has 0 spiro atoms. The first-order valence-electron chi connectivity index (χ1n) is 10.1. The number of amides is 1. The molecular formula is C25H19Cl3N2O3S. The molecule has 34 heavy (non-hydrogen) atoms. The van der Waals surface area contributed by atoms with Crippen LogP contribution in [0, 0.1) is 6.92 Å². The Bertz CT molecular complexity index is 1310. The molecular weight excluding hydrogens is 515 g/mol. The monoisotopic (exact) mass is 532 g/mol. The minimum absolute atomic E-state index is 0.250. The van der Waals surface area contributed by atoms with Gasteiger partial charge in [0.15, 0.2) is 16.7 Å². The van der Waals surface area contributed by atoms with Crippen molar-refractivity contribution in [3.8, 4) is 11.5 Å². The van der Waals surface area contributed by atoms with Gasteiger partial charge in [-0.2, -0.15) is 0 Å². The fraction of sp³-hybridized carbons (Fsp3) is 0.120. The molecule has 3 aromatic carbocycles. The molecule has 4 rings (SSSR count). The highest BCUT2D eigenvalue weighted by Crippen LogP contribution is 2.38. The number of aryl methyl sites for hydroxylation is 1. The Kier molecular flexibility index (Phi) is 7.73. The summed E-state index contributed by atoms with van der Waals surface area (Å²) in [6.07, 6.45) is 1.72. The van der Waals surface area contributed by atoms with Crippen molar-refractivity contribution >= 4 is 69.4 Å². The van der Waals surface area contributed by atoms with Gasteiger partial charge in [0, 0.05) is 10.0 Å². The van der Waals surface area contributed by atoms with Gasteiger partial charge in [0.1, 0.15) is 6.61 Å². The predicted molar refractivity (Wildman–Crippen MR) is 141 cm³/mol. The predicted octanol–water partition coefficient (Wildman–Crippen LogP) is 7.43. The molecule has 0 bridgehead atoms. The number of hydrogen-bond acceptors (Lipinski definition) is 5. The second kappa shape index (κ2) is 10.7. The van der Waals surface area contributed by atoms with Crippen LogP contribution in [0.4, 0.5) is 5.69 Å². The van der Waals surface area contributed by atoms with E-state index in [4.69, 9.17) is 44.3 Å². The van der Waals surface area contributed by atoms with Gasteiger partial charge in [-0.3, -0.25) is 4.79 Å². The Balaban J connectivity index is 1.53. The van der Waals surface area contributed by atoms with Crippen LogP contribution >= 0.6 is 46.6 Å². The van der Waals surface area contributed by atoms with Crippen LogP contribution in [-0.4, -0.2) is 18.2 Å². The average molecular weight is 534 g/mol. The zero-order chi connectivity index (χ0) is 24.2. The lowest BCUT2D eigenvalue weighted by Crippen LogP contribution is -2.19. The second-order valence-electron chi connectivity index (χ2n) is 7.36. The highest BCUT2D eigenvalue weighted by molar-refractivity contribution is 8.18. The van der Waals surface area contributed by atoms with E-state index in [1.165, 1.54) is 18.9 Å². The first kappa shape index (κ1) is 24.5. The van der Waals surface area contributed by atoms with E-state index in [0.29, 0.717) is 54.5 Å². The zero-order valence-corrected chi connectivity index (χ0v) is 21.3. The molecule has 1 N–H and O–H groups in total. The number of ether oxygens (including phenoxy) is 2. The molecule has 1 heterocycles. The third-order valence-electron chi connectivity index (χ3n) is 4.88. The van der Waals surface area contributed by atoms with Crippen LogP contribution < -0.4 is 14.8 Å². The summed E-state index contributed by atoms with van der Waals surface area (Å²) in [4.78, 5) is 17.4. The minimum Gasteiger partial charge on any atom is -0.493 e. The van der Waals surface area contributed by atoms with E-state index < -0.39 is 0 Å². The van der Waals surface area contributed by atoms with Crippen molar-refractivity contribution in [3.63, 3.8) is 0 Å². The third kappa shape index (κ3) is 5.88. The smallest absolute Gasteiger partial charge is 0.264 e. The highest BCUT2D eigenvalue weighted by Gasteiger charge is 2.24. The van der Waals surface area contributed by atoms with E-state index in [9.17, 15) is 4.79 Å². The Morgan fingerprint density at radius 3 is 2.50 bits per heavy atom. The summed E-state index contributed by atoms with van der Waals surface area (Å²) in [6, 6.07) is 16.3. The van der Waals surface area contributed by atoms with Crippen molar-refractivity contribution in [2.45, 2.75) is 13.5 Å². The van der Waals surface area contributed by atoms with Crippen LogP contribution in [0.2, 0.25) is 15.1 Å². The normalized spacial score (nSPS) is 15.6. The Morgan fingerprint density at radius 2 is 1.79 bits per heavy atom. The minimum atomic E-state index is -0.250. The van der Waals surface area contributed by atoms with Crippen LogP contribution in [0.5, 0.6) is 11.5 Å². The summed E-state index contributed by atoms with van der Waals surface area (Å²) >= 11 is 19.8. The third-order valence-corrected chi connectivity index (χ3v) is 6.73. The number of carbonyl (C=O) groups excluding carboxylic acids is 1. The molecule has 1 aliphatic rings. The first-order chi connectivity index (χ1) is 16.3. The quantitative estimate of drug-likeness (QED) is 0.335. The van der Waals surface area contributed by atoms with Crippen LogP contribution in [0.1, 0.15) is 16.7 Å². The molecule has 3 aromatic rings. The Labute approximate surface area is 216 Å². The molecule has 0 aromatic heterocycles. The summed E-state index contributed by atoms with van der Waals surface area (Å²) in [6.45, 7) is 2.22. The summed E-state index contributed by atoms with van der Waals surface area (Å²) in [5, 5.41) is 4.88. The van der Waals surface area contributed by atoms with E-state index in [1.54, 1.807) is 36.4 Å². The largest absolute Gasteiger partial charge is 0.493 e. The number of halogens is 3. The van der Waals surface area contributed by atoms with Crippen LogP contribution in [0.15, 0.2) is 64.5 Å². The van der Waals surface area contributed by atoms with Crippen molar-refractivity contribution in [3.05, 3.63) is 91.3 Å². The van der Waals surface area contributed by atoms with Gasteiger partial charge in [0.2, 0.25) is 0 Å². The van der Waals surface area contributed by atoms with Gasteiger partial charge < -0.3 is 14.8 Å². The van der Waals surface area contributed by atoms with E-state index in [0.717, 1.165) is 11.1 Å². The fourth-order valence-corrected chi connectivity index (χ4v) is 4.52. The molecule has 1 saturated heterocycles.